The van der Waals surface area contributed by atoms with Crippen molar-refractivity contribution in [2.24, 2.45) is 0 Å². The van der Waals surface area contributed by atoms with Gasteiger partial charge in [-0.1, -0.05) is 12.1 Å². The minimum atomic E-state index is -1.75. The highest BCUT2D eigenvalue weighted by molar-refractivity contribution is 5.42. The summed E-state index contributed by atoms with van der Waals surface area (Å²) in [6, 6.07) is 6.84. The topological polar surface area (TPSA) is 66.2 Å². The summed E-state index contributed by atoms with van der Waals surface area (Å²) in [5.41, 5.74) is 0.715. The molecule has 0 bridgehead atoms. The Bertz CT molecular complexity index is 332. The van der Waals surface area contributed by atoms with Crippen LogP contribution in [0.15, 0.2) is 24.3 Å². The van der Waals surface area contributed by atoms with Crippen LogP contribution in [0.4, 0.5) is 10.1 Å². The number of hydrogen-bond acceptors (Lipinski definition) is 3. The summed E-state index contributed by atoms with van der Waals surface area (Å²) in [4.78, 5) is 8.25. The molecule has 0 aliphatic carbocycles. The lowest BCUT2D eigenvalue weighted by atomic mass is 10.2. The second-order valence-corrected chi connectivity index (χ2v) is 3.69. The summed E-state index contributed by atoms with van der Waals surface area (Å²) >= 11 is 0. The smallest absolute Gasteiger partial charge is 0.183 e. The van der Waals surface area contributed by atoms with E-state index < -0.39 is 5.09 Å². The van der Waals surface area contributed by atoms with Crippen molar-refractivity contribution in [1.29, 1.82) is 0 Å². The average molecular weight is 216 g/mol. The van der Waals surface area contributed by atoms with Crippen LogP contribution in [0.25, 0.3) is 0 Å². The molecule has 0 aliphatic heterocycles. The highest BCUT2D eigenvalue weighted by atomic mass is 19.1. The van der Waals surface area contributed by atoms with Gasteiger partial charge in [-0.25, -0.2) is 4.39 Å². The fourth-order valence-electron chi connectivity index (χ4n) is 0.996. The average Bonchev–Trinajstić information content (AvgIpc) is 2.01. The van der Waals surface area contributed by atoms with E-state index in [4.69, 9.17) is 15.3 Å². The lowest BCUT2D eigenvalue weighted by Crippen LogP contribution is -2.35. The quantitative estimate of drug-likeness (QED) is 0.408. The van der Waals surface area contributed by atoms with Crippen LogP contribution in [0.3, 0.4) is 0 Å². The third-order valence-corrected chi connectivity index (χ3v) is 1.58. The van der Waals surface area contributed by atoms with Crippen LogP contribution in [0.2, 0.25) is 0 Å². The Balaban J connectivity index is 0.000000423. The van der Waals surface area contributed by atoms with Gasteiger partial charge in [-0.3, -0.25) is 4.48 Å². The van der Waals surface area contributed by atoms with E-state index in [1.165, 1.54) is 6.07 Å². The third kappa shape index (κ3) is 5.58. The van der Waals surface area contributed by atoms with Crippen LogP contribution in [0, 0.1) is 21.1 Å². The predicted octanol–water partition coefficient (Wildman–Crippen LogP) is 1.78. The zero-order chi connectivity index (χ0) is 12.1. The number of hydrogen-bond donors (Lipinski definition) is 0. The van der Waals surface area contributed by atoms with Gasteiger partial charge < -0.3 is 15.3 Å². The van der Waals surface area contributed by atoms with Crippen LogP contribution in [-0.2, 0) is 0 Å². The molecular formula is C9H13FN2O3. The predicted molar refractivity (Wildman–Crippen MR) is 56.3 cm³/mol. The van der Waals surface area contributed by atoms with Crippen molar-refractivity contribution < 1.29 is 9.48 Å². The van der Waals surface area contributed by atoms with Crippen molar-refractivity contribution >= 4 is 5.69 Å². The van der Waals surface area contributed by atoms with E-state index in [1.807, 2.05) is 27.2 Å². The summed E-state index contributed by atoms with van der Waals surface area (Å²) in [6.45, 7) is 0. The van der Waals surface area contributed by atoms with Crippen LogP contribution >= 0.6 is 0 Å². The van der Waals surface area contributed by atoms with Gasteiger partial charge >= 0.3 is 0 Å². The Kier molecular flexibility index (Phi) is 4.66. The van der Waals surface area contributed by atoms with Gasteiger partial charge in [0.05, 0.1) is 26.2 Å². The Labute approximate surface area is 87.1 Å². The first kappa shape index (κ1) is 13.3. The number of rotatable bonds is 1. The molecule has 0 amide bonds. The van der Waals surface area contributed by atoms with Crippen LogP contribution < -0.4 is 4.48 Å². The Morgan fingerprint density at radius 3 is 1.87 bits per heavy atom. The van der Waals surface area contributed by atoms with E-state index in [0.717, 1.165) is 0 Å². The molecule has 0 aliphatic rings. The minimum Gasteiger partial charge on any atom is -0.356 e. The summed E-state index contributed by atoms with van der Waals surface area (Å²) in [7, 11) is 5.83. The van der Waals surface area contributed by atoms with E-state index >= 15 is 0 Å². The summed E-state index contributed by atoms with van der Waals surface area (Å²) < 4.78 is 13.6. The van der Waals surface area contributed by atoms with E-state index in [2.05, 4.69) is 0 Å². The standard InChI is InChI=1S/C9H13FN.NO3/c1-11(2,3)9-7-5-4-6-8(9)10;2-1(3)4/h4-7H,1-3H3;/q+1;-1. The number of halogens is 1. The molecule has 0 unspecified atom stereocenters. The molecular weight excluding hydrogens is 203 g/mol. The zero-order valence-corrected chi connectivity index (χ0v) is 8.81. The van der Waals surface area contributed by atoms with Crippen molar-refractivity contribution in [1.82, 2.24) is 4.48 Å². The van der Waals surface area contributed by atoms with Gasteiger partial charge in [-0.05, 0) is 6.07 Å². The molecule has 1 aromatic rings. The monoisotopic (exact) mass is 216 g/mol. The molecule has 0 saturated carbocycles. The number of para-hydroxylation sites is 1. The maximum Gasteiger partial charge on any atom is 0.183 e. The minimum absolute atomic E-state index is 0.139. The molecule has 0 spiro atoms. The Morgan fingerprint density at radius 2 is 1.60 bits per heavy atom. The van der Waals surface area contributed by atoms with E-state index in [1.54, 1.807) is 12.1 Å². The second kappa shape index (κ2) is 5.26. The molecule has 84 valence electrons. The highest BCUT2D eigenvalue weighted by Crippen LogP contribution is 2.19. The SMILES string of the molecule is C[N+](C)(C)c1ccccc1F.O=[N+]([O-])[O-]. The van der Waals surface area contributed by atoms with Crippen LogP contribution in [0.1, 0.15) is 0 Å². The van der Waals surface area contributed by atoms with Crippen LogP contribution in [-0.4, -0.2) is 26.2 Å². The fraction of sp³-hybridized carbons (Fsp3) is 0.333. The molecule has 0 radical (unpaired) electrons. The van der Waals surface area contributed by atoms with Gasteiger partial charge in [0, 0.05) is 6.07 Å². The van der Waals surface area contributed by atoms with E-state index in [-0.39, 0.29) is 5.82 Å². The normalized spacial score (nSPS) is 10.1. The maximum atomic E-state index is 13.1. The molecule has 0 saturated heterocycles. The van der Waals surface area contributed by atoms with Gasteiger partial charge in [0.15, 0.2) is 11.5 Å². The fourth-order valence-corrected chi connectivity index (χ4v) is 0.996. The summed E-state index contributed by atoms with van der Waals surface area (Å²) in [5.74, 6) is -0.139. The third-order valence-electron chi connectivity index (χ3n) is 1.58. The zero-order valence-electron chi connectivity index (χ0n) is 8.81. The van der Waals surface area contributed by atoms with Crippen molar-refractivity contribution in [2.75, 3.05) is 21.1 Å². The molecule has 0 N–H and O–H groups in total. The first-order valence-corrected chi connectivity index (χ1v) is 4.13. The van der Waals surface area contributed by atoms with Crippen molar-refractivity contribution in [2.45, 2.75) is 0 Å². The van der Waals surface area contributed by atoms with E-state index in [9.17, 15) is 4.39 Å². The van der Waals surface area contributed by atoms with Crippen molar-refractivity contribution in [3.63, 3.8) is 0 Å². The molecule has 0 aromatic heterocycles. The van der Waals surface area contributed by atoms with Gasteiger partial charge in [0.1, 0.15) is 0 Å². The van der Waals surface area contributed by atoms with Gasteiger partial charge in [-0.2, -0.15) is 0 Å². The molecule has 1 rings (SSSR count). The molecule has 1 aromatic carbocycles. The number of quaternary nitrogens is 1. The van der Waals surface area contributed by atoms with Gasteiger partial charge in [0.2, 0.25) is 0 Å². The lowest BCUT2D eigenvalue weighted by molar-refractivity contribution is -0.402. The number of nitrogens with zero attached hydrogens (tertiary/aromatic N) is 2. The molecule has 15 heavy (non-hydrogen) atoms. The molecule has 5 nitrogen and oxygen atoms in total. The first-order valence-electron chi connectivity index (χ1n) is 4.13. The molecule has 6 heteroatoms. The first-order chi connectivity index (χ1) is 6.75. The molecule has 0 heterocycles. The second-order valence-electron chi connectivity index (χ2n) is 3.69. The van der Waals surface area contributed by atoms with Crippen molar-refractivity contribution in [3.05, 3.63) is 45.4 Å². The summed E-state index contributed by atoms with van der Waals surface area (Å²) in [5, 5.41) is 14.8. The molecule has 0 fully saturated rings. The van der Waals surface area contributed by atoms with Gasteiger partial charge in [0.25, 0.3) is 0 Å². The highest BCUT2D eigenvalue weighted by Gasteiger charge is 2.15. The Morgan fingerprint density at radius 1 is 1.20 bits per heavy atom. The van der Waals surface area contributed by atoms with Gasteiger partial charge in [-0.15, -0.1) is 0 Å². The maximum absolute atomic E-state index is 13.1. The van der Waals surface area contributed by atoms with E-state index in [0.29, 0.717) is 10.2 Å². The number of benzene rings is 1. The van der Waals surface area contributed by atoms with Crippen LogP contribution in [0.5, 0.6) is 0 Å². The molecule has 0 atom stereocenters. The largest absolute Gasteiger partial charge is 0.356 e. The lowest BCUT2D eigenvalue weighted by Gasteiger charge is -2.23. The Hall–Kier alpha value is -1.69. The van der Waals surface area contributed by atoms with Crippen molar-refractivity contribution in [3.8, 4) is 0 Å². The summed E-state index contributed by atoms with van der Waals surface area (Å²) in [6.07, 6.45) is 0.